The Hall–Kier alpha value is -6.36. The molecule has 4 heteroatoms. The number of anilines is 3. The van der Waals surface area contributed by atoms with Gasteiger partial charge in [0, 0.05) is 50.2 Å². The largest absolute Gasteiger partial charge is 0.375 e. The molecule has 0 bridgehead atoms. The number of aromatic nitrogens is 1. The van der Waals surface area contributed by atoms with Gasteiger partial charge in [-0.15, -0.1) is 0 Å². The molecule has 0 spiro atoms. The molecule has 3 aliphatic heterocycles. The Labute approximate surface area is 322 Å². The highest BCUT2D eigenvalue weighted by Crippen LogP contribution is 2.56. The summed E-state index contributed by atoms with van der Waals surface area (Å²) in [7, 11) is -2.81. The third kappa shape index (κ3) is 3.41. The summed E-state index contributed by atoms with van der Waals surface area (Å²) in [4.78, 5) is 2.67. The smallest absolute Gasteiger partial charge is 0.333 e. The number of rotatable bonds is 2. The van der Waals surface area contributed by atoms with E-state index < -0.39 is 8.07 Å². The number of fused-ring (bicyclic) bond motifs is 13. The van der Waals surface area contributed by atoms with Gasteiger partial charge in [-0.2, -0.15) is 0 Å². The number of para-hydroxylation sites is 3. The monoisotopic (exact) mass is 714 g/mol. The fraction of sp³-hybridized carbons (Fsp3) is 0.0588. The molecule has 4 heterocycles. The Morgan fingerprint density at radius 3 is 2.00 bits per heavy atom. The lowest BCUT2D eigenvalue weighted by Crippen LogP contribution is -2.78. The molecule has 0 radical (unpaired) electrons. The summed E-state index contributed by atoms with van der Waals surface area (Å²) < 4.78 is 2.79. The molecule has 9 aromatic rings. The molecule has 55 heavy (non-hydrogen) atoms. The molecule has 0 fully saturated rings. The van der Waals surface area contributed by atoms with E-state index in [4.69, 9.17) is 0 Å². The Bertz CT molecular complexity index is 3100. The Kier molecular flexibility index (Phi) is 5.59. The average molecular weight is 715 g/mol. The molecule has 256 valence electrons. The molecule has 1 aliphatic carbocycles. The molecule has 4 aliphatic rings. The van der Waals surface area contributed by atoms with Gasteiger partial charge in [0.15, 0.2) is 8.07 Å². The SMILES string of the molecule is CC1(C)c2ccccc2-c2c1c1cccc3c1n2B1c2cccc4c2N(c2ccccc2[Si]4(c2ccccc2)c2ccccc2)c2cc4ccccc4c-3c21. The normalized spacial score (nSPS) is 15.7. The third-order valence-corrected chi connectivity index (χ3v) is 18.4. The zero-order valence-corrected chi connectivity index (χ0v) is 31.7. The van der Waals surface area contributed by atoms with Crippen LogP contribution in [-0.2, 0) is 5.41 Å². The van der Waals surface area contributed by atoms with Crippen molar-refractivity contribution >= 4 is 85.3 Å². The van der Waals surface area contributed by atoms with Crippen molar-refractivity contribution in [2.45, 2.75) is 19.3 Å². The van der Waals surface area contributed by atoms with Gasteiger partial charge in [0.1, 0.15) is 0 Å². The van der Waals surface area contributed by atoms with Crippen molar-refractivity contribution in [2.24, 2.45) is 0 Å². The second-order valence-electron chi connectivity index (χ2n) is 16.4. The van der Waals surface area contributed by atoms with Gasteiger partial charge in [0.25, 0.3) is 0 Å². The first-order chi connectivity index (χ1) is 27.1. The van der Waals surface area contributed by atoms with E-state index >= 15 is 0 Å². The zero-order chi connectivity index (χ0) is 36.2. The van der Waals surface area contributed by atoms with Crippen LogP contribution in [0.2, 0.25) is 0 Å². The van der Waals surface area contributed by atoms with E-state index in [2.05, 4.69) is 199 Å². The van der Waals surface area contributed by atoms with Crippen molar-refractivity contribution < 1.29 is 0 Å². The van der Waals surface area contributed by atoms with Gasteiger partial charge >= 0.3 is 6.85 Å². The maximum atomic E-state index is 2.79. The maximum absolute atomic E-state index is 2.81. The van der Waals surface area contributed by atoms with Gasteiger partial charge in [-0.3, -0.25) is 0 Å². The van der Waals surface area contributed by atoms with Crippen LogP contribution >= 0.6 is 0 Å². The van der Waals surface area contributed by atoms with Crippen molar-refractivity contribution in [1.82, 2.24) is 4.48 Å². The van der Waals surface area contributed by atoms with Crippen molar-refractivity contribution in [3.8, 4) is 22.4 Å². The van der Waals surface area contributed by atoms with E-state index in [1.807, 2.05) is 0 Å². The molecule has 2 nitrogen and oxygen atoms in total. The first-order valence-corrected chi connectivity index (χ1v) is 21.6. The predicted molar refractivity (Wildman–Crippen MR) is 235 cm³/mol. The molecule has 0 saturated carbocycles. The van der Waals surface area contributed by atoms with Crippen molar-refractivity contribution in [2.75, 3.05) is 4.90 Å². The van der Waals surface area contributed by atoms with Crippen molar-refractivity contribution in [3.05, 3.63) is 187 Å². The van der Waals surface area contributed by atoms with E-state index in [0.717, 1.165) is 0 Å². The summed E-state index contributed by atoms with van der Waals surface area (Å²) in [5.74, 6) is 0. The van der Waals surface area contributed by atoms with Crippen LogP contribution in [0.5, 0.6) is 0 Å². The zero-order valence-electron chi connectivity index (χ0n) is 30.7. The number of benzene rings is 8. The lowest BCUT2D eigenvalue weighted by molar-refractivity contribution is 0.666. The molecule has 0 atom stereocenters. The quantitative estimate of drug-likeness (QED) is 0.164. The molecular weight excluding hydrogens is 679 g/mol. The molecular formula is C51H35BN2Si. The van der Waals surface area contributed by atoms with Crippen LogP contribution < -0.4 is 36.6 Å². The summed E-state index contributed by atoms with van der Waals surface area (Å²) in [5, 5.41) is 9.72. The minimum absolute atomic E-state index is 0.00702. The molecule has 0 N–H and O–H groups in total. The van der Waals surface area contributed by atoms with Crippen LogP contribution in [0.1, 0.15) is 25.0 Å². The van der Waals surface area contributed by atoms with E-state index in [0.29, 0.717) is 0 Å². The molecule has 0 amide bonds. The van der Waals surface area contributed by atoms with Crippen molar-refractivity contribution in [3.63, 3.8) is 0 Å². The first kappa shape index (κ1) is 30.0. The Balaban J connectivity index is 1.26. The molecule has 8 aromatic carbocycles. The van der Waals surface area contributed by atoms with Gasteiger partial charge in [-0.05, 0) is 71.3 Å². The Morgan fingerprint density at radius 1 is 0.545 bits per heavy atom. The second kappa shape index (κ2) is 10.2. The highest BCUT2D eigenvalue weighted by molar-refractivity contribution is 7.21. The van der Waals surface area contributed by atoms with Gasteiger partial charge in [0.2, 0.25) is 0 Å². The second-order valence-corrected chi connectivity index (χ2v) is 20.1. The minimum Gasteiger partial charge on any atom is -0.375 e. The van der Waals surface area contributed by atoms with Gasteiger partial charge in [-0.1, -0.05) is 178 Å². The van der Waals surface area contributed by atoms with Gasteiger partial charge in [-0.25, -0.2) is 0 Å². The lowest BCUT2D eigenvalue weighted by atomic mass is 9.44. The molecule has 13 rings (SSSR count). The average Bonchev–Trinajstić information content (AvgIpc) is 3.71. The third-order valence-electron chi connectivity index (χ3n) is 13.6. The number of hydrogen-bond donors (Lipinski definition) is 0. The summed E-state index contributed by atoms with van der Waals surface area (Å²) in [5.41, 5.74) is 16.3. The minimum atomic E-state index is -2.81. The van der Waals surface area contributed by atoms with Crippen LogP contribution in [0.25, 0.3) is 44.1 Å². The molecule has 1 aromatic heterocycles. The van der Waals surface area contributed by atoms with E-state index in [-0.39, 0.29) is 12.3 Å². The van der Waals surface area contributed by atoms with Crippen LogP contribution in [-0.4, -0.2) is 19.4 Å². The van der Waals surface area contributed by atoms with Crippen LogP contribution in [0, 0.1) is 0 Å². The summed E-state index contributed by atoms with van der Waals surface area (Å²) in [6, 6.07) is 67.4. The topological polar surface area (TPSA) is 8.17 Å². The summed E-state index contributed by atoms with van der Waals surface area (Å²) in [6.45, 7) is 4.86. The maximum Gasteiger partial charge on any atom is 0.333 e. The van der Waals surface area contributed by atoms with Gasteiger partial charge in [0.05, 0.1) is 0 Å². The molecule has 0 unspecified atom stereocenters. The van der Waals surface area contributed by atoms with E-state index in [1.165, 1.54) is 104 Å². The lowest BCUT2D eigenvalue weighted by Gasteiger charge is -2.50. The molecule has 0 saturated heterocycles. The summed E-state index contributed by atoms with van der Waals surface area (Å²) >= 11 is 0. The fourth-order valence-corrected chi connectivity index (χ4v) is 16.8. The summed E-state index contributed by atoms with van der Waals surface area (Å²) in [6.07, 6.45) is 0. The van der Waals surface area contributed by atoms with Crippen molar-refractivity contribution in [1.29, 1.82) is 0 Å². The number of hydrogen-bond acceptors (Lipinski definition) is 1. The van der Waals surface area contributed by atoms with Gasteiger partial charge < -0.3 is 9.38 Å². The Morgan fingerprint density at radius 2 is 1.18 bits per heavy atom. The highest BCUT2D eigenvalue weighted by Gasteiger charge is 2.54. The van der Waals surface area contributed by atoms with Crippen LogP contribution in [0.15, 0.2) is 176 Å². The van der Waals surface area contributed by atoms with Crippen LogP contribution in [0.4, 0.5) is 17.1 Å². The standard InChI is InChI=1S/C51H35BN2Si/c1-51(2)39-26-12-11-23-36(39)49-46(51)38-25-15-24-37-45-35-22-10-9-17-32(35)31-42-47(45)52(54(49)48(37)38)40-27-16-30-44-50(40)53(42)41-28-13-14-29-43(41)55(44,33-18-5-3-6-19-33)34-20-7-4-8-21-34/h3-31H,1-2H3. The first-order valence-electron chi connectivity index (χ1n) is 19.6. The highest BCUT2D eigenvalue weighted by atomic mass is 28.3. The fourth-order valence-electron chi connectivity index (χ4n) is 11.6. The van der Waals surface area contributed by atoms with E-state index in [1.54, 1.807) is 0 Å². The predicted octanol–water partition coefficient (Wildman–Crippen LogP) is 8.21. The van der Waals surface area contributed by atoms with E-state index in [9.17, 15) is 0 Å². The number of nitrogens with zero attached hydrogens (tertiary/aromatic N) is 2. The van der Waals surface area contributed by atoms with Crippen LogP contribution in [0.3, 0.4) is 0 Å².